The number of hydrogen-bond acceptors (Lipinski definition) is 3. The summed E-state index contributed by atoms with van der Waals surface area (Å²) < 4.78 is 10.9. The Hall–Kier alpha value is -0.810. The molecule has 1 heterocycles. The molecule has 0 radical (unpaired) electrons. The first-order chi connectivity index (χ1) is 8.24. The van der Waals surface area contributed by atoms with Crippen LogP contribution >= 0.6 is 0 Å². The smallest absolute Gasteiger partial charge is 0.188 e. The summed E-state index contributed by atoms with van der Waals surface area (Å²) in [5.41, 5.74) is 5.63. The first-order valence-electron chi connectivity index (χ1n) is 6.43. The van der Waals surface area contributed by atoms with Crippen molar-refractivity contribution in [3.63, 3.8) is 0 Å². The second kappa shape index (κ2) is 5.69. The standard InChI is InChI=1S/C12H23N3O2/c1-16-12(6-7-17-9-12)8-14-11(13)15-10-4-2-3-5-10/h10H,2-9H2,1H3,(H3,13,14,15). The fourth-order valence-electron chi connectivity index (χ4n) is 2.49. The molecule has 0 bridgehead atoms. The van der Waals surface area contributed by atoms with Crippen molar-refractivity contribution in [3.8, 4) is 0 Å². The number of methoxy groups -OCH3 is 1. The van der Waals surface area contributed by atoms with E-state index in [4.69, 9.17) is 15.2 Å². The van der Waals surface area contributed by atoms with Crippen molar-refractivity contribution in [2.75, 3.05) is 26.9 Å². The maximum absolute atomic E-state index is 5.89. The van der Waals surface area contributed by atoms with Crippen molar-refractivity contribution in [2.24, 2.45) is 10.7 Å². The molecule has 17 heavy (non-hydrogen) atoms. The Labute approximate surface area is 103 Å². The van der Waals surface area contributed by atoms with Gasteiger partial charge in [-0.25, -0.2) is 0 Å². The quantitative estimate of drug-likeness (QED) is 0.560. The zero-order valence-electron chi connectivity index (χ0n) is 10.6. The highest BCUT2D eigenvalue weighted by Gasteiger charge is 2.34. The van der Waals surface area contributed by atoms with Gasteiger partial charge in [-0.05, 0) is 12.8 Å². The van der Waals surface area contributed by atoms with E-state index in [2.05, 4.69) is 10.3 Å². The van der Waals surface area contributed by atoms with Gasteiger partial charge in [0.05, 0.1) is 13.2 Å². The molecule has 1 aliphatic carbocycles. The lowest BCUT2D eigenvalue weighted by atomic mass is 10.0. The van der Waals surface area contributed by atoms with Gasteiger partial charge in [-0.15, -0.1) is 0 Å². The van der Waals surface area contributed by atoms with E-state index in [0.717, 1.165) is 13.0 Å². The van der Waals surface area contributed by atoms with Crippen LogP contribution in [0.5, 0.6) is 0 Å². The second-order valence-electron chi connectivity index (χ2n) is 5.02. The largest absolute Gasteiger partial charge is 0.378 e. The summed E-state index contributed by atoms with van der Waals surface area (Å²) in [5, 5.41) is 3.28. The molecule has 2 rings (SSSR count). The SMILES string of the molecule is COC1(CN=C(N)NC2CCCC2)CCOC1. The fourth-order valence-corrected chi connectivity index (χ4v) is 2.49. The van der Waals surface area contributed by atoms with Gasteiger partial charge in [0.15, 0.2) is 5.96 Å². The Kier molecular flexibility index (Phi) is 4.23. The summed E-state index contributed by atoms with van der Waals surface area (Å²) in [6.07, 6.45) is 5.88. The third-order valence-corrected chi connectivity index (χ3v) is 3.74. The predicted octanol–water partition coefficient (Wildman–Crippen LogP) is 0.639. The normalized spacial score (nSPS) is 31.0. The maximum atomic E-state index is 5.89. The third kappa shape index (κ3) is 3.33. The maximum Gasteiger partial charge on any atom is 0.188 e. The van der Waals surface area contributed by atoms with Crippen molar-refractivity contribution in [3.05, 3.63) is 0 Å². The highest BCUT2D eigenvalue weighted by molar-refractivity contribution is 5.78. The number of guanidine groups is 1. The van der Waals surface area contributed by atoms with Crippen LogP contribution in [-0.2, 0) is 9.47 Å². The van der Waals surface area contributed by atoms with Crippen LogP contribution in [0.4, 0.5) is 0 Å². The minimum atomic E-state index is -0.262. The number of nitrogens with two attached hydrogens (primary N) is 1. The third-order valence-electron chi connectivity index (χ3n) is 3.74. The van der Waals surface area contributed by atoms with Crippen LogP contribution in [0.2, 0.25) is 0 Å². The van der Waals surface area contributed by atoms with Crippen LogP contribution < -0.4 is 11.1 Å². The second-order valence-corrected chi connectivity index (χ2v) is 5.02. The van der Waals surface area contributed by atoms with Crippen LogP contribution in [-0.4, -0.2) is 44.5 Å². The van der Waals surface area contributed by atoms with Crippen molar-refractivity contribution in [1.29, 1.82) is 0 Å². The number of rotatable bonds is 4. The number of ether oxygens (including phenoxy) is 2. The van der Waals surface area contributed by atoms with Crippen LogP contribution in [0.1, 0.15) is 32.1 Å². The molecule has 1 aliphatic heterocycles. The molecule has 1 saturated carbocycles. The Balaban J connectivity index is 1.81. The van der Waals surface area contributed by atoms with Gasteiger partial charge < -0.3 is 20.5 Å². The lowest BCUT2D eigenvalue weighted by Crippen LogP contribution is -2.41. The fraction of sp³-hybridized carbons (Fsp3) is 0.917. The molecule has 2 fully saturated rings. The Bertz CT molecular complexity index is 269. The van der Waals surface area contributed by atoms with E-state index >= 15 is 0 Å². The van der Waals surface area contributed by atoms with Crippen molar-refractivity contribution < 1.29 is 9.47 Å². The van der Waals surface area contributed by atoms with Gasteiger partial charge in [-0.3, -0.25) is 4.99 Å². The lowest BCUT2D eigenvalue weighted by molar-refractivity contribution is -0.00906. The van der Waals surface area contributed by atoms with Crippen LogP contribution in [0, 0.1) is 0 Å². The van der Waals surface area contributed by atoms with Gasteiger partial charge in [0.2, 0.25) is 0 Å². The van der Waals surface area contributed by atoms with E-state index < -0.39 is 0 Å². The highest BCUT2D eigenvalue weighted by atomic mass is 16.5. The minimum Gasteiger partial charge on any atom is -0.378 e. The number of aliphatic imine (C=N–C) groups is 1. The molecule has 1 saturated heterocycles. The monoisotopic (exact) mass is 241 g/mol. The predicted molar refractivity (Wildman–Crippen MR) is 67.1 cm³/mol. The van der Waals surface area contributed by atoms with Gasteiger partial charge in [-0.2, -0.15) is 0 Å². The Morgan fingerprint density at radius 3 is 2.88 bits per heavy atom. The molecule has 2 aliphatic rings. The van der Waals surface area contributed by atoms with Crippen molar-refractivity contribution in [1.82, 2.24) is 5.32 Å². The molecular formula is C12H23N3O2. The average molecular weight is 241 g/mol. The van der Waals surface area contributed by atoms with Crippen molar-refractivity contribution >= 4 is 5.96 Å². The number of nitrogens with zero attached hydrogens (tertiary/aromatic N) is 1. The number of nitrogens with one attached hydrogen (secondary N) is 1. The summed E-state index contributed by atoms with van der Waals surface area (Å²) in [5.74, 6) is 0.542. The highest BCUT2D eigenvalue weighted by Crippen LogP contribution is 2.22. The van der Waals surface area contributed by atoms with Gasteiger partial charge in [0.25, 0.3) is 0 Å². The van der Waals surface area contributed by atoms with Gasteiger partial charge in [0, 0.05) is 26.2 Å². The van der Waals surface area contributed by atoms with E-state index in [-0.39, 0.29) is 5.60 Å². The first-order valence-corrected chi connectivity index (χ1v) is 6.43. The van der Waals surface area contributed by atoms with E-state index in [1.54, 1.807) is 7.11 Å². The Morgan fingerprint density at radius 1 is 1.53 bits per heavy atom. The van der Waals surface area contributed by atoms with Crippen LogP contribution in [0.3, 0.4) is 0 Å². The molecular weight excluding hydrogens is 218 g/mol. The molecule has 1 atom stereocenters. The lowest BCUT2D eigenvalue weighted by Gasteiger charge is -2.23. The van der Waals surface area contributed by atoms with E-state index in [9.17, 15) is 0 Å². The molecule has 3 N–H and O–H groups in total. The minimum absolute atomic E-state index is 0.262. The first kappa shape index (κ1) is 12.6. The van der Waals surface area contributed by atoms with E-state index in [0.29, 0.717) is 25.2 Å². The molecule has 5 heteroatoms. The zero-order chi connectivity index (χ0) is 12.1. The summed E-state index contributed by atoms with van der Waals surface area (Å²) in [6, 6.07) is 0.511. The summed E-state index contributed by atoms with van der Waals surface area (Å²) in [7, 11) is 1.71. The topological polar surface area (TPSA) is 68.9 Å². The van der Waals surface area contributed by atoms with E-state index in [1.165, 1.54) is 25.7 Å². The summed E-state index contributed by atoms with van der Waals surface area (Å²) in [6.45, 7) is 1.94. The van der Waals surface area contributed by atoms with Crippen molar-refractivity contribution in [2.45, 2.75) is 43.7 Å². The van der Waals surface area contributed by atoms with Crippen LogP contribution in [0.15, 0.2) is 4.99 Å². The van der Waals surface area contributed by atoms with Gasteiger partial charge >= 0.3 is 0 Å². The zero-order valence-corrected chi connectivity index (χ0v) is 10.6. The van der Waals surface area contributed by atoms with E-state index in [1.807, 2.05) is 0 Å². The molecule has 1 unspecified atom stereocenters. The van der Waals surface area contributed by atoms with Gasteiger partial charge in [-0.1, -0.05) is 12.8 Å². The molecule has 98 valence electrons. The molecule has 0 spiro atoms. The molecule has 0 aromatic carbocycles. The van der Waals surface area contributed by atoms with Gasteiger partial charge in [0.1, 0.15) is 5.60 Å². The molecule has 0 aromatic heterocycles. The number of hydrogen-bond donors (Lipinski definition) is 2. The molecule has 0 aromatic rings. The summed E-state index contributed by atoms with van der Waals surface area (Å²) in [4.78, 5) is 4.39. The van der Waals surface area contributed by atoms with Crippen LogP contribution in [0.25, 0.3) is 0 Å². The molecule has 5 nitrogen and oxygen atoms in total. The average Bonchev–Trinajstić information content (AvgIpc) is 2.98. The summed E-state index contributed by atoms with van der Waals surface area (Å²) >= 11 is 0. The Morgan fingerprint density at radius 2 is 2.29 bits per heavy atom. The molecule has 0 amide bonds.